The van der Waals surface area contributed by atoms with Crippen LogP contribution in [0.1, 0.15) is 16.8 Å². The second-order valence-electron chi connectivity index (χ2n) is 3.96. The van der Waals surface area contributed by atoms with E-state index in [0.29, 0.717) is 17.1 Å². The Morgan fingerprint density at radius 1 is 1.33 bits per heavy atom. The van der Waals surface area contributed by atoms with Gasteiger partial charge in [-0.05, 0) is 30.4 Å². The summed E-state index contributed by atoms with van der Waals surface area (Å²) >= 11 is 1.80. The molecule has 0 amide bonds. The van der Waals surface area contributed by atoms with Crippen molar-refractivity contribution < 1.29 is 19.0 Å². The number of thioether (sulfide) groups is 1. The quantitative estimate of drug-likeness (QED) is 0.784. The van der Waals surface area contributed by atoms with E-state index >= 15 is 0 Å². The van der Waals surface area contributed by atoms with Crippen molar-refractivity contribution in [3.63, 3.8) is 0 Å². The van der Waals surface area contributed by atoms with Gasteiger partial charge in [-0.15, -0.1) is 0 Å². The number of benzene rings is 1. The van der Waals surface area contributed by atoms with Crippen LogP contribution < -0.4 is 9.47 Å². The van der Waals surface area contributed by atoms with Crippen LogP contribution >= 0.6 is 11.8 Å². The molecule has 4 nitrogen and oxygen atoms in total. The van der Waals surface area contributed by atoms with E-state index in [-0.39, 0.29) is 12.1 Å². The van der Waals surface area contributed by atoms with Crippen molar-refractivity contribution in [2.75, 3.05) is 25.7 Å². The van der Waals surface area contributed by atoms with Crippen LogP contribution in [0.5, 0.6) is 11.5 Å². The Bertz CT molecular complexity index is 427. The fourth-order valence-corrected chi connectivity index (χ4v) is 2.89. The van der Waals surface area contributed by atoms with Gasteiger partial charge in [-0.1, -0.05) is 0 Å². The van der Waals surface area contributed by atoms with Crippen molar-refractivity contribution >= 4 is 17.7 Å². The van der Waals surface area contributed by atoms with E-state index in [9.17, 15) is 4.79 Å². The van der Waals surface area contributed by atoms with Gasteiger partial charge in [0.25, 0.3) is 0 Å². The molecule has 1 atom stereocenters. The Morgan fingerprint density at radius 3 is 2.78 bits per heavy atom. The molecule has 0 radical (unpaired) electrons. The van der Waals surface area contributed by atoms with Gasteiger partial charge in [0, 0.05) is 5.75 Å². The standard InChI is InChI=1S/C13H16O4S/c1-15-9-3-4-12(16-2)11(7-9)13(14)17-10-5-6-18-8-10/h3-4,7,10H,5-6,8H2,1-2H3/t10-/m1/s1. The summed E-state index contributed by atoms with van der Waals surface area (Å²) in [7, 11) is 3.09. The summed E-state index contributed by atoms with van der Waals surface area (Å²) in [5.41, 5.74) is 0.411. The van der Waals surface area contributed by atoms with E-state index in [2.05, 4.69) is 0 Å². The largest absolute Gasteiger partial charge is 0.497 e. The Morgan fingerprint density at radius 2 is 2.17 bits per heavy atom. The summed E-state index contributed by atoms with van der Waals surface area (Å²) in [4.78, 5) is 12.1. The van der Waals surface area contributed by atoms with Crippen LogP contribution in [0.2, 0.25) is 0 Å². The molecule has 98 valence electrons. The molecule has 0 spiro atoms. The normalized spacial score (nSPS) is 18.4. The number of carbonyl (C=O) groups excluding carboxylic acids is 1. The van der Waals surface area contributed by atoms with Gasteiger partial charge in [0.1, 0.15) is 23.2 Å². The Kier molecular flexibility index (Phi) is 4.36. The maximum absolute atomic E-state index is 12.1. The fraction of sp³-hybridized carbons (Fsp3) is 0.462. The lowest BCUT2D eigenvalue weighted by atomic mass is 10.2. The summed E-state index contributed by atoms with van der Waals surface area (Å²) in [6.07, 6.45) is 0.932. The Labute approximate surface area is 111 Å². The molecule has 1 fully saturated rings. The first-order valence-corrected chi connectivity index (χ1v) is 6.91. The zero-order valence-electron chi connectivity index (χ0n) is 10.5. The van der Waals surface area contributed by atoms with E-state index in [0.717, 1.165) is 17.9 Å². The fourth-order valence-electron chi connectivity index (χ4n) is 1.79. The summed E-state index contributed by atoms with van der Waals surface area (Å²) < 4.78 is 15.7. The molecule has 0 saturated carbocycles. The first-order valence-electron chi connectivity index (χ1n) is 5.75. The predicted molar refractivity (Wildman–Crippen MR) is 70.7 cm³/mol. The van der Waals surface area contributed by atoms with E-state index in [4.69, 9.17) is 14.2 Å². The molecule has 0 unspecified atom stereocenters. The summed E-state index contributed by atoms with van der Waals surface area (Å²) in [6, 6.07) is 5.10. The third-order valence-corrected chi connectivity index (χ3v) is 3.92. The van der Waals surface area contributed by atoms with Crippen molar-refractivity contribution in [2.24, 2.45) is 0 Å². The predicted octanol–water partition coefficient (Wildman–Crippen LogP) is 2.37. The highest BCUT2D eigenvalue weighted by Crippen LogP contribution is 2.27. The van der Waals surface area contributed by atoms with E-state index in [1.807, 2.05) is 0 Å². The SMILES string of the molecule is COc1ccc(OC)c(C(=O)O[C@@H]2CCSC2)c1. The number of methoxy groups -OCH3 is 2. The Hall–Kier alpha value is -1.36. The molecule has 0 aromatic heterocycles. The van der Waals surface area contributed by atoms with Crippen molar-refractivity contribution in [1.82, 2.24) is 0 Å². The molecule has 5 heteroatoms. The third kappa shape index (κ3) is 2.90. The molecule has 18 heavy (non-hydrogen) atoms. The van der Waals surface area contributed by atoms with Crippen molar-refractivity contribution in [3.05, 3.63) is 23.8 Å². The first-order chi connectivity index (χ1) is 8.74. The number of carbonyl (C=O) groups is 1. The molecule has 2 rings (SSSR count). The van der Waals surface area contributed by atoms with Crippen molar-refractivity contribution in [3.8, 4) is 11.5 Å². The van der Waals surface area contributed by atoms with E-state index in [1.54, 1.807) is 37.1 Å². The second-order valence-corrected chi connectivity index (χ2v) is 5.11. The molecule has 1 heterocycles. The van der Waals surface area contributed by atoms with Crippen LogP contribution in [0.4, 0.5) is 0 Å². The number of esters is 1. The molecule has 1 saturated heterocycles. The summed E-state index contributed by atoms with van der Waals surface area (Å²) in [6.45, 7) is 0. The minimum Gasteiger partial charge on any atom is -0.497 e. The lowest BCUT2D eigenvalue weighted by Crippen LogP contribution is -2.18. The lowest BCUT2D eigenvalue weighted by molar-refractivity contribution is 0.0353. The highest BCUT2D eigenvalue weighted by atomic mass is 32.2. The minimum absolute atomic E-state index is 0.0124. The smallest absolute Gasteiger partial charge is 0.342 e. The first kappa shape index (κ1) is 13.1. The third-order valence-electron chi connectivity index (χ3n) is 2.79. The Balaban J connectivity index is 2.16. The van der Waals surface area contributed by atoms with Crippen LogP contribution in [-0.2, 0) is 4.74 Å². The van der Waals surface area contributed by atoms with Gasteiger partial charge in [0.2, 0.25) is 0 Å². The van der Waals surface area contributed by atoms with Gasteiger partial charge < -0.3 is 14.2 Å². The van der Waals surface area contributed by atoms with Crippen LogP contribution in [0, 0.1) is 0 Å². The molecule has 1 aromatic carbocycles. The van der Waals surface area contributed by atoms with Gasteiger partial charge in [0.05, 0.1) is 14.2 Å². The van der Waals surface area contributed by atoms with E-state index < -0.39 is 0 Å². The zero-order valence-corrected chi connectivity index (χ0v) is 11.3. The van der Waals surface area contributed by atoms with Crippen molar-refractivity contribution in [1.29, 1.82) is 0 Å². The number of ether oxygens (including phenoxy) is 3. The monoisotopic (exact) mass is 268 g/mol. The average molecular weight is 268 g/mol. The van der Waals surface area contributed by atoms with Gasteiger partial charge in [-0.2, -0.15) is 11.8 Å². The van der Waals surface area contributed by atoms with Crippen LogP contribution in [0.25, 0.3) is 0 Å². The molecule has 1 aliphatic heterocycles. The van der Waals surface area contributed by atoms with Gasteiger partial charge >= 0.3 is 5.97 Å². The topological polar surface area (TPSA) is 44.8 Å². The number of hydrogen-bond acceptors (Lipinski definition) is 5. The number of hydrogen-bond donors (Lipinski definition) is 0. The lowest BCUT2D eigenvalue weighted by Gasteiger charge is -2.13. The molecule has 0 N–H and O–H groups in total. The maximum Gasteiger partial charge on any atom is 0.342 e. The van der Waals surface area contributed by atoms with Crippen LogP contribution in [-0.4, -0.2) is 37.8 Å². The van der Waals surface area contributed by atoms with Gasteiger partial charge in [-0.3, -0.25) is 0 Å². The zero-order chi connectivity index (χ0) is 13.0. The average Bonchev–Trinajstić information content (AvgIpc) is 2.90. The molecule has 0 bridgehead atoms. The highest BCUT2D eigenvalue weighted by Gasteiger charge is 2.23. The summed E-state index contributed by atoms with van der Waals surface area (Å²) in [5, 5.41) is 0. The number of rotatable bonds is 4. The van der Waals surface area contributed by atoms with Crippen molar-refractivity contribution in [2.45, 2.75) is 12.5 Å². The summed E-state index contributed by atoms with van der Waals surface area (Å²) in [5.74, 6) is 2.69. The van der Waals surface area contributed by atoms with Gasteiger partial charge in [0.15, 0.2) is 0 Å². The molecular weight excluding hydrogens is 252 g/mol. The highest BCUT2D eigenvalue weighted by molar-refractivity contribution is 7.99. The van der Waals surface area contributed by atoms with Crippen LogP contribution in [0.15, 0.2) is 18.2 Å². The maximum atomic E-state index is 12.1. The molecule has 1 aromatic rings. The van der Waals surface area contributed by atoms with Gasteiger partial charge in [-0.25, -0.2) is 4.79 Å². The second kappa shape index (κ2) is 6.00. The molecule has 0 aliphatic carbocycles. The van der Waals surface area contributed by atoms with E-state index in [1.165, 1.54) is 7.11 Å². The molecule has 1 aliphatic rings. The molecular formula is C13H16O4S. The van der Waals surface area contributed by atoms with Crippen LogP contribution in [0.3, 0.4) is 0 Å². The minimum atomic E-state index is -0.349.